The van der Waals surface area contributed by atoms with Crippen molar-refractivity contribution in [1.82, 2.24) is 0 Å². The van der Waals surface area contributed by atoms with Gasteiger partial charge in [0, 0.05) is 11.3 Å². The number of anilines is 1. The van der Waals surface area contributed by atoms with E-state index in [0.717, 1.165) is 5.56 Å². The summed E-state index contributed by atoms with van der Waals surface area (Å²) < 4.78 is 18.6. The Morgan fingerprint density at radius 2 is 1.95 bits per heavy atom. The Bertz CT molecular complexity index is 588. The highest BCUT2D eigenvalue weighted by atomic mass is 19.1. The zero-order valence-corrected chi connectivity index (χ0v) is 11.6. The Balaban J connectivity index is 2.38. The number of hydrogen-bond acceptors (Lipinski definition) is 3. The van der Waals surface area contributed by atoms with Gasteiger partial charge in [-0.3, -0.25) is 0 Å². The summed E-state index contributed by atoms with van der Waals surface area (Å²) in [7, 11) is 1.58. The molecule has 0 saturated carbocycles. The molecule has 1 unspecified atom stereocenters. The molecular formula is C16H18FNO2. The molecule has 0 saturated heterocycles. The highest BCUT2D eigenvalue weighted by molar-refractivity contribution is 5.50. The van der Waals surface area contributed by atoms with Gasteiger partial charge in [-0.05, 0) is 31.2 Å². The Morgan fingerprint density at radius 1 is 1.20 bits per heavy atom. The molecule has 0 amide bonds. The molecule has 0 heterocycles. The molecule has 3 nitrogen and oxygen atoms in total. The third-order valence-corrected chi connectivity index (χ3v) is 3.26. The normalized spacial score (nSPS) is 13.6. The number of nitrogens with one attached hydrogen (secondary N) is 1. The summed E-state index contributed by atoms with van der Waals surface area (Å²) in [4.78, 5) is 0. The number of para-hydroxylation sites is 1. The average Bonchev–Trinajstić information content (AvgIpc) is 2.47. The predicted molar refractivity (Wildman–Crippen MR) is 77.5 cm³/mol. The molecular weight excluding hydrogens is 257 g/mol. The monoisotopic (exact) mass is 275 g/mol. The van der Waals surface area contributed by atoms with Gasteiger partial charge < -0.3 is 15.2 Å². The molecule has 0 aliphatic carbocycles. The molecule has 1 atom stereocenters. The maximum Gasteiger partial charge on any atom is 0.125 e. The molecule has 2 rings (SSSR count). The van der Waals surface area contributed by atoms with Crippen molar-refractivity contribution in [1.29, 1.82) is 0 Å². The molecule has 0 fully saturated rings. The fourth-order valence-corrected chi connectivity index (χ4v) is 2.18. The summed E-state index contributed by atoms with van der Waals surface area (Å²) >= 11 is 0. The lowest BCUT2D eigenvalue weighted by Crippen LogP contribution is -2.36. The number of benzene rings is 2. The van der Waals surface area contributed by atoms with E-state index in [2.05, 4.69) is 5.32 Å². The molecule has 0 radical (unpaired) electrons. The van der Waals surface area contributed by atoms with E-state index in [1.54, 1.807) is 19.2 Å². The molecule has 4 heteroatoms. The predicted octanol–water partition coefficient (Wildman–Crippen LogP) is 3.15. The van der Waals surface area contributed by atoms with E-state index in [-0.39, 0.29) is 12.4 Å². The molecule has 0 bridgehead atoms. The first-order valence-electron chi connectivity index (χ1n) is 6.37. The van der Waals surface area contributed by atoms with Gasteiger partial charge in [0.1, 0.15) is 11.6 Å². The third kappa shape index (κ3) is 2.91. The quantitative estimate of drug-likeness (QED) is 0.880. The number of rotatable bonds is 5. The van der Waals surface area contributed by atoms with Crippen LogP contribution in [0.5, 0.6) is 5.75 Å². The van der Waals surface area contributed by atoms with Crippen LogP contribution in [0, 0.1) is 5.82 Å². The van der Waals surface area contributed by atoms with Crippen molar-refractivity contribution in [3.05, 3.63) is 59.9 Å². The maximum atomic E-state index is 13.3. The minimum absolute atomic E-state index is 0.149. The van der Waals surface area contributed by atoms with Crippen LogP contribution in [0.2, 0.25) is 0 Å². The van der Waals surface area contributed by atoms with E-state index >= 15 is 0 Å². The van der Waals surface area contributed by atoms with Crippen LogP contribution in [0.1, 0.15) is 12.5 Å². The molecule has 0 aliphatic heterocycles. The Kier molecular flexibility index (Phi) is 4.25. The van der Waals surface area contributed by atoms with E-state index in [1.807, 2.05) is 31.2 Å². The van der Waals surface area contributed by atoms with Gasteiger partial charge in [0.15, 0.2) is 0 Å². The fourth-order valence-electron chi connectivity index (χ4n) is 2.18. The summed E-state index contributed by atoms with van der Waals surface area (Å²) in [5.74, 6) is 0.350. The number of methoxy groups -OCH3 is 1. The highest BCUT2D eigenvalue weighted by Gasteiger charge is 2.28. The van der Waals surface area contributed by atoms with Gasteiger partial charge in [0.25, 0.3) is 0 Å². The van der Waals surface area contributed by atoms with E-state index in [1.165, 1.54) is 12.1 Å². The van der Waals surface area contributed by atoms with Crippen molar-refractivity contribution in [3.8, 4) is 5.75 Å². The Labute approximate surface area is 118 Å². The lowest BCUT2D eigenvalue weighted by atomic mass is 9.91. The molecule has 2 aromatic rings. The van der Waals surface area contributed by atoms with E-state index < -0.39 is 5.54 Å². The molecule has 106 valence electrons. The number of hydrogen-bond donors (Lipinski definition) is 2. The number of aliphatic hydroxyl groups is 1. The Morgan fingerprint density at radius 3 is 2.60 bits per heavy atom. The van der Waals surface area contributed by atoms with Gasteiger partial charge in [0.2, 0.25) is 0 Å². The second-order valence-corrected chi connectivity index (χ2v) is 4.83. The minimum atomic E-state index is -0.763. The zero-order chi connectivity index (χ0) is 14.6. The summed E-state index contributed by atoms with van der Waals surface area (Å²) in [5, 5.41) is 12.9. The van der Waals surface area contributed by atoms with Gasteiger partial charge in [-0.25, -0.2) is 4.39 Å². The number of halogens is 1. The highest BCUT2D eigenvalue weighted by Crippen LogP contribution is 2.32. The standard InChI is InChI=1S/C16H18FNO2/c1-16(11-19,14-8-3-4-9-15(14)20-2)18-13-7-5-6-12(17)10-13/h3-10,18-19H,11H2,1-2H3. The van der Waals surface area contributed by atoms with Gasteiger partial charge in [-0.15, -0.1) is 0 Å². The first-order chi connectivity index (χ1) is 9.59. The van der Waals surface area contributed by atoms with Crippen LogP contribution in [0.25, 0.3) is 0 Å². The first kappa shape index (κ1) is 14.3. The summed E-state index contributed by atoms with van der Waals surface area (Å²) in [6.07, 6.45) is 0. The van der Waals surface area contributed by atoms with Crippen LogP contribution in [-0.2, 0) is 5.54 Å². The van der Waals surface area contributed by atoms with E-state index in [9.17, 15) is 9.50 Å². The topological polar surface area (TPSA) is 41.5 Å². The molecule has 0 aromatic heterocycles. The average molecular weight is 275 g/mol. The lowest BCUT2D eigenvalue weighted by molar-refractivity contribution is 0.220. The second-order valence-electron chi connectivity index (χ2n) is 4.83. The molecule has 0 aliphatic rings. The van der Waals surface area contributed by atoms with Crippen LogP contribution in [0.3, 0.4) is 0 Å². The largest absolute Gasteiger partial charge is 0.496 e. The minimum Gasteiger partial charge on any atom is -0.496 e. The summed E-state index contributed by atoms with van der Waals surface area (Å²) in [6, 6.07) is 13.6. The molecule has 2 N–H and O–H groups in total. The first-order valence-corrected chi connectivity index (χ1v) is 6.37. The van der Waals surface area contributed by atoms with Crippen molar-refractivity contribution < 1.29 is 14.2 Å². The lowest BCUT2D eigenvalue weighted by Gasteiger charge is -2.31. The van der Waals surface area contributed by atoms with Crippen LogP contribution in [0.15, 0.2) is 48.5 Å². The van der Waals surface area contributed by atoms with Gasteiger partial charge in [-0.1, -0.05) is 24.3 Å². The summed E-state index contributed by atoms with van der Waals surface area (Å²) in [5.41, 5.74) is 0.655. The van der Waals surface area contributed by atoms with Gasteiger partial charge >= 0.3 is 0 Å². The van der Waals surface area contributed by atoms with Crippen LogP contribution >= 0.6 is 0 Å². The molecule has 0 spiro atoms. The molecule has 20 heavy (non-hydrogen) atoms. The summed E-state index contributed by atoms with van der Waals surface area (Å²) in [6.45, 7) is 1.69. The molecule has 2 aromatic carbocycles. The number of ether oxygens (including phenoxy) is 1. The number of aliphatic hydroxyl groups excluding tert-OH is 1. The van der Waals surface area contributed by atoms with Crippen molar-refractivity contribution in [3.63, 3.8) is 0 Å². The van der Waals surface area contributed by atoms with Crippen molar-refractivity contribution >= 4 is 5.69 Å². The SMILES string of the molecule is COc1ccccc1C(C)(CO)Nc1cccc(F)c1. The van der Waals surface area contributed by atoms with Crippen molar-refractivity contribution in [2.75, 3.05) is 19.0 Å². The zero-order valence-electron chi connectivity index (χ0n) is 11.6. The van der Waals surface area contributed by atoms with Crippen LogP contribution < -0.4 is 10.1 Å². The van der Waals surface area contributed by atoms with Crippen LogP contribution in [-0.4, -0.2) is 18.8 Å². The maximum absolute atomic E-state index is 13.3. The van der Waals surface area contributed by atoms with E-state index in [4.69, 9.17) is 4.74 Å². The van der Waals surface area contributed by atoms with Crippen molar-refractivity contribution in [2.24, 2.45) is 0 Å². The fraction of sp³-hybridized carbons (Fsp3) is 0.250. The van der Waals surface area contributed by atoms with Crippen LogP contribution in [0.4, 0.5) is 10.1 Å². The Hall–Kier alpha value is -2.07. The smallest absolute Gasteiger partial charge is 0.125 e. The third-order valence-electron chi connectivity index (χ3n) is 3.26. The van der Waals surface area contributed by atoms with Crippen molar-refractivity contribution in [2.45, 2.75) is 12.5 Å². The van der Waals surface area contributed by atoms with E-state index in [0.29, 0.717) is 11.4 Å². The van der Waals surface area contributed by atoms with Gasteiger partial charge in [0.05, 0.1) is 19.3 Å². The second kappa shape index (κ2) is 5.92. The van der Waals surface area contributed by atoms with Gasteiger partial charge in [-0.2, -0.15) is 0 Å².